The molecule has 0 aromatic carbocycles. The molecule has 1 fully saturated rings. The molecule has 1 saturated carbocycles. The van der Waals surface area contributed by atoms with Gasteiger partial charge in [-0.05, 0) is 24.7 Å². The van der Waals surface area contributed by atoms with E-state index in [4.69, 9.17) is 4.74 Å². The molecule has 0 saturated heterocycles. The van der Waals surface area contributed by atoms with Crippen LogP contribution in [0.1, 0.15) is 26.7 Å². The summed E-state index contributed by atoms with van der Waals surface area (Å²) in [7, 11) is 1.81. The average Bonchev–Trinajstić information content (AvgIpc) is 1.85. The molecule has 2 heteroatoms. The minimum absolute atomic E-state index is 0.541. The van der Waals surface area contributed by atoms with Crippen LogP contribution < -0.4 is 0 Å². The van der Waals surface area contributed by atoms with Crippen molar-refractivity contribution in [1.82, 2.24) is 0 Å². The highest BCUT2D eigenvalue weighted by Gasteiger charge is 2.34. The Kier molecular flexibility index (Phi) is 3.38. The quantitative estimate of drug-likeness (QED) is 0.666. The maximum absolute atomic E-state index is 5.23. The van der Waals surface area contributed by atoms with Crippen LogP contribution in [0.4, 0.5) is 0 Å². The summed E-state index contributed by atoms with van der Waals surface area (Å²) in [6.45, 7) is 4.53. The van der Waals surface area contributed by atoms with Crippen LogP contribution in [0.15, 0.2) is 0 Å². The first-order valence-corrected chi connectivity index (χ1v) is 5.23. The van der Waals surface area contributed by atoms with Crippen molar-refractivity contribution in [2.75, 3.05) is 7.11 Å². The van der Waals surface area contributed by atoms with E-state index in [0.29, 0.717) is 10.9 Å². The summed E-state index contributed by atoms with van der Waals surface area (Å²) >= 11 is 3.72. The van der Waals surface area contributed by atoms with Crippen LogP contribution in [-0.4, -0.2) is 18.0 Å². The van der Waals surface area contributed by atoms with Crippen LogP contribution in [0.2, 0.25) is 0 Å². The van der Waals surface area contributed by atoms with E-state index in [1.165, 1.54) is 12.8 Å². The van der Waals surface area contributed by atoms with Crippen molar-refractivity contribution in [3.05, 3.63) is 0 Å². The molecule has 0 heterocycles. The van der Waals surface area contributed by atoms with E-state index < -0.39 is 0 Å². The van der Waals surface area contributed by atoms with Crippen LogP contribution in [0.5, 0.6) is 0 Å². The van der Waals surface area contributed by atoms with Crippen molar-refractivity contribution in [3.63, 3.8) is 0 Å². The predicted molar refractivity (Wildman–Crippen MR) is 51.1 cm³/mol. The third-order valence-electron chi connectivity index (χ3n) is 2.55. The first-order chi connectivity index (χ1) is 5.15. The van der Waals surface area contributed by atoms with E-state index in [-0.39, 0.29) is 0 Å². The van der Waals surface area contributed by atoms with Crippen LogP contribution in [0, 0.1) is 11.8 Å². The Labute approximate surface area is 77.6 Å². The fourth-order valence-corrected chi connectivity index (χ4v) is 2.03. The van der Waals surface area contributed by atoms with E-state index >= 15 is 0 Å². The first kappa shape index (κ1) is 9.53. The van der Waals surface area contributed by atoms with Crippen molar-refractivity contribution in [2.45, 2.75) is 37.6 Å². The number of halogens is 1. The molecule has 0 aliphatic heterocycles. The van der Waals surface area contributed by atoms with Gasteiger partial charge < -0.3 is 4.74 Å². The maximum atomic E-state index is 5.23. The highest BCUT2D eigenvalue weighted by molar-refractivity contribution is 9.09. The second-order valence-electron chi connectivity index (χ2n) is 3.78. The molecule has 0 aromatic rings. The molecule has 0 N–H and O–H groups in total. The number of hydrogen-bond acceptors (Lipinski definition) is 1. The molecule has 0 radical (unpaired) electrons. The first-order valence-electron chi connectivity index (χ1n) is 4.32. The smallest absolute Gasteiger partial charge is 0.0577 e. The largest absolute Gasteiger partial charge is 0.381 e. The molecule has 1 nitrogen and oxygen atoms in total. The Morgan fingerprint density at radius 2 is 1.91 bits per heavy atom. The molecular weight excluding hydrogens is 204 g/mol. The molecule has 0 spiro atoms. The Hall–Kier alpha value is 0.440. The van der Waals surface area contributed by atoms with Gasteiger partial charge in [-0.3, -0.25) is 0 Å². The number of methoxy groups -OCH3 is 1. The second kappa shape index (κ2) is 3.90. The van der Waals surface area contributed by atoms with Gasteiger partial charge >= 0.3 is 0 Å². The summed E-state index contributed by atoms with van der Waals surface area (Å²) in [5, 5.41) is 0. The number of rotatable bonds is 3. The van der Waals surface area contributed by atoms with Gasteiger partial charge in [0.1, 0.15) is 0 Å². The lowest BCUT2D eigenvalue weighted by molar-refractivity contribution is -0.00217. The van der Waals surface area contributed by atoms with Crippen molar-refractivity contribution in [3.8, 4) is 0 Å². The van der Waals surface area contributed by atoms with Crippen LogP contribution >= 0.6 is 15.9 Å². The summed E-state index contributed by atoms with van der Waals surface area (Å²) in [6.07, 6.45) is 3.02. The lowest BCUT2D eigenvalue weighted by atomic mass is 9.77. The Bertz CT molecular complexity index is 119. The zero-order chi connectivity index (χ0) is 8.43. The summed E-state index contributed by atoms with van der Waals surface area (Å²) in [5.74, 6) is 1.60. The van der Waals surface area contributed by atoms with Crippen LogP contribution in [0.25, 0.3) is 0 Å². The van der Waals surface area contributed by atoms with Crippen LogP contribution in [0.3, 0.4) is 0 Å². The van der Waals surface area contributed by atoms with Gasteiger partial charge in [0, 0.05) is 11.9 Å². The van der Waals surface area contributed by atoms with Gasteiger partial charge in [-0.15, -0.1) is 0 Å². The van der Waals surface area contributed by atoms with Crippen molar-refractivity contribution >= 4 is 15.9 Å². The highest BCUT2D eigenvalue weighted by Crippen LogP contribution is 2.38. The van der Waals surface area contributed by atoms with Gasteiger partial charge in [0.15, 0.2) is 0 Å². The minimum atomic E-state index is 0.541. The van der Waals surface area contributed by atoms with E-state index in [1.807, 2.05) is 0 Å². The second-order valence-corrected chi connectivity index (χ2v) is 4.83. The molecule has 66 valence electrons. The lowest BCUT2D eigenvalue weighted by Crippen LogP contribution is -2.37. The van der Waals surface area contributed by atoms with Gasteiger partial charge in [0.25, 0.3) is 0 Å². The Balaban J connectivity index is 2.21. The lowest BCUT2D eigenvalue weighted by Gasteiger charge is -2.38. The summed E-state index contributed by atoms with van der Waals surface area (Å²) in [6, 6.07) is 0. The molecular formula is C9H17BrO. The van der Waals surface area contributed by atoms with E-state index in [0.717, 1.165) is 11.8 Å². The fraction of sp³-hybridized carbons (Fsp3) is 1.00. The van der Waals surface area contributed by atoms with E-state index in [1.54, 1.807) is 7.11 Å². The maximum Gasteiger partial charge on any atom is 0.0577 e. The van der Waals surface area contributed by atoms with E-state index in [2.05, 4.69) is 29.8 Å². The third kappa shape index (κ3) is 2.19. The molecule has 0 amide bonds. The number of alkyl halides is 1. The molecule has 1 atom stereocenters. The summed E-state index contributed by atoms with van der Waals surface area (Å²) < 4.78 is 5.23. The standard InChI is InChI=1S/C9H17BrO/c1-6(2)9(10)7-4-8(5-7)11-3/h6-9H,4-5H2,1-3H3. The van der Waals surface area contributed by atoms with Crippen LogP contribution in [-0.2, 0) is 4.74 Å². The summed E-state index contributed by atoms with van der Waals surface area (Å²) in [4.78, 5) is 0.689. The average molecular weight is 221 g/mol. The zero-order valence-electron chi connectivity index (χ0n) is 7.51. The topological polar surface area (TPSA) is 9.23 Å². The molecule has 1 aliphatic rings. The molecule has 0 aromatic heterocycles. The van der Waals surface area contributed by atoms with Gasteiger partial charge in [-0.1, -0.05) is 29.8 Å². The molecule has 1 unspecified atom stereocenters. The highest BCUT2D eigenvalue weighted by atomic mass is 79.9. The minimum Gasteiger partial charge on any atom is -0.381 e. The van der Waals surface area contributed by atoms with Crippen molar-refractivity contribution in [2.24, 2.45) is 11.8 Å². The Morgan fingerprint density at radius 3 is 2.27 bits per heavy atom. The normalized spacial score (nSPS) is 33.5. The Morgan fingerprint density at radius 1 is 1.36 bits per heavy atom. The third-order valence-corrected chi connectivity index (χ3v) is 4.36. The molecule has 11 heavy (non-hydrogen) atoms. The molecule has 0 bridgehead atoms. The monoisotopic (exact) mass is 220 g/mol. The SMILES string of the molecule is COC1CC(C(Br)C(C)C)C1. The number of hydrogen-bond donors (Lipinski definition) is 0. The summed E-state index contributed by atoms with van der Waals surface area (Å²) in [5.41, 5.74) is 0. The van der Waals surface area contributed by atoms with E-state index in [9.17, 15) is 0 Å². The van der Waals surface area contributed by atoms with Crippen molar-refractivity contribution < 1.29 is 4.74 Å². The van der Waals surface area contributed by atoms with Gasteiger partial charge in [0.05, 0.1) is 6.10 Å². The van der Waals surface area contributed by atoms with Gasteiger partial charge in [-0.2, -0.15) is 0 Å². The zero-order valence-corrected chi connectivity index (χ0v) is 9.10. The molecule has 1 aliphatic carbocycles. The van der Waals surface area contributed by atoms with Gasteiger partial charge in [0.2, 0.25) is 0 Å². The molecule has 1 rings (SSSR count). The van der Waals surface area contributed by atoms with Gasteiger partial charge in [-0.25, -0.2) is 0 Å². The number of ether oxygens (including phenoxy) is 1. The predicted octanol–water partition coefficient (Wildman–Crippen LogP) is 2.83. The van der Waals surface area contributed by atoms with Crippen molar-refractivity contribution in [1.29, 1.82) is 0 Å². The fourth-order valence-electron chi connectivity index (χ4n) is 1.60.